The molecule has 0 bridgehead atoms. The molecule has 0 radical (unpaired) electrons. The van der Waals surface area contributed by atoms with Gasteiger partial charge in [0.2, 0.25) is 5.91 Å². The number of rotatable bonds is 11. The summed E-state index contributed by atoms with van der Waals surface area (Å²) in [6.07, 6.45) is -1.23. The number of para-hydroxylation sites is 1. The van der Waals surface area contributed by atoms with Gasteiger partial charge in [-0.25, -0.2) is 0 Å². The minimum atomic E-state index is -1.25. The van der Waals surface area contributed by atoms with Gasteiger partial charge in [-0.1, -0.05) is 62.4 Å². The summed E-state index contributed by atoms with van der Waals surface area (Å²) in [4.78, 5) is 29.3. The van der Waals surface area contributed by atoms with Crippen LogP contribution in [0, 0.1) is 0 Å². The van der Waals surface area contributed by atoms with Crippen molar-refractivity contribution in [3.63, 3.8) is 0 Å². The van der Waals surface area contributed by atoms with E-state index < -0.39 is 24.1 Å². The monoisotopic (exact) mass is 570 g/mol. The fraction of sp³-hybridized carbons (Fsp3) is 0.333. The van der Waals surface area contributed by atoms with E-state index in [1.165, 1.54) is 5.56 Å². The Morgan fingerprint density at radius 3 is 2.29 bits per heavy atom. The summed E-state index contributed by atoms with van der Waals surface area (Å²) in [7, 11) is 0. The van der Waals surface area contributed by atoms with Crippen molar-refractivity contribution >= 4 is 22.8 Å². The maximum Gasteiger partial charge on any atom is 0.252 e. The Labute approximate surface area is 245 Å². The predicted molar refractivity (Wildman–Crippen MR) is 161 cm³/mol. The fourth-order valence-electron chi connectivity index (χ4n) is 5.35. The summed E-state index contributed by atoms with van der Waals surface area (Å²) in [5, 5.41) is 14.6. The van der Waals surface area contributed by atoms with E-state index in [1.807, 2.05) is 42.5 Å². The Hall–Kier alpha value is -4.18. The molecule has 2 atom stereocenters. The lowest BCUT2D eigenvalue weighted by molar-refractivity contribution is -0.128. The Morgan fingerprint density at radius 2 is 1.62 bits per heavy atom. The lowest BCUT2D eigenvalue weighted by Crippen LogP contribution is -2.61. The summed E-state index contributed by atoms with van der Waals surface area (Å²) < 4.78 is 12.1. The number of carbonyl (C=O) groups excluding carboxylic acids is 2. The van der Waals surface area contributed by atoms with Gasteiger partial charge < -0.3 is 25.3 Å². The van der Waals surface area contributed by atoms with Crippen molar-refractivity contribution in [2.45, 2.75) is 45.2 Å². The number of amides is 2. The van der Waals surface area contributed by atoms with Crippen LogP contribution in [0.2, 0.25) is 0 Å². The first-order valence-corrected chi connectivity index (χ1v) is 14.3. The summed E-state index contributed by atoms with van der Waals surface area (Å²) in [6, 6.07) is 23.5. The molecule has 0 spiro atoms. The molecule has 220 valence electrons. The molecule has 9 nitrogen and oxygen atoms in total. The van der Waals surface area contributed by atoms with Crippen molar-refractivity contribution in [1.29, 1.82) is 0 Å². The third-order valence-electron chi connectivity index (χ3n) is 7.67. The SMILES string of the molecule is CC(C)c1oc2ccccc2c1COc1ccc(C(=O)N[C@H](C(N)=O)C(O)N2CCN(Cc3ccccc3)CC2)cc1. The lowest BCUT2D eigenvalue weighted by Gasteiger charge is -2.39. The zero-order valence-electron chi connectivity index (χ0n) is 24.0. The molecule has 1 unspecified atom stereocenters. The Bertz CT molecular complexity index is 1490. The molecule has 3 aromatic carbocycles. The van der Waals surface area contributed by atoms with Crippen LogP contribution in [-0.2, 0) is 17.9 Å². The van der Waals surface area contributed by atoms with Gasteiger partial charge in [0.25, 0.3) is 5.91 Å². The number of carbonyl (C=O) groups is 2. The third kappa shape index (κ3) is 6.82. The lowest BCUT2D eigenvalue weighted by atomic mass is 10.0. The molecule has 0 saturated carbocycles. The summed E-state index contributed by atoms with van der Waals surface area (Å²) >= 11 is 0. The quantitative estimate of drug-likeness (QED) is 0.250. The molecule has 0 aliphatic carbocycles. The van der Waals surface area contributed by atoms with E-state index >= 15 is 0 Å². The topological polar surface area (TPSA) is 121 Å². The van der Waals surface area contributed by atoms with E-state index in [2.05, 4.69) is 36.2 Å². The predicted octanol–water partition coefficient (Wildman–Crippen LogP) is 3.86. The van der Waals surface area contributed by atoms with Gasteiger partial charge in [0, 0.05) is 55.2 Å². The van der Waals surface area contributed by atoms with Crippen LogP contribution < -0.4 is 15.8 Å². The average molecular weight is 571 g/mol. The number of nitrogens with one attached hydrogen (secondary N) is 1. The van der Waals surface area contributed by atoms with Crippen LogP contribution in [0.15, 0.2) is 83.3 Å². The van der Waals surface area contributed by atoms with Crippen LogP contribution in [0.5, 0.6) is 5.75 Å². The van der Waals surface area contributed by atoms with E-state index in [4.69, 9.17) is 14.9 Å². The van der Waals surface area contributed by atoms with Crippen molar-refractivity contribution in [2.24, 2.45) is 5.73 Å². The zero-order valence-corrected chi connectivity index (χ0v) is 24.0. The number of hydrogen-bond acceptors (Lipinski definition) is 7. The minimum absolute atomic E-state index is 0.203. The number of benzene rings is 3. The average Bonchev–Trinajstić information content (AvgIpc) is 3.38. The van der Waals surface area contributed by atoms with Crippen molar-refractivity contribution in [2.75, 3.05) is 26.2 Å². The standard InChI is InChI=1S/C33H38N4O5/c1-22(2)30-27(26-10-6-7-11-28(26)42-30)21-41-25-14-12-24(13-15-25)32(39)35-29(31(34)38)33(40)37-18-16-36(17-19-37)20-23-8-4-3-5-9-23/h3-15,22,29,33,40H,16-21H2,1-2H3,(H2,34,38)(H,35,39)/t29-,33?/m1/s1. The van der Waals surface area contributed by atoms with Gasteiger partial charge in [-0.05, 0) is 35.9 Å². The second kappa shape index (κ2) is 13.2. The van der Waals surface area contributed by atoms with Crippen molar-refractivity contribution < 1.29 is 23.8 Å². The third-order valence-corrected chi connectivity index (χ3v) is 7.67. The molecule has 2 heterocycles. The number of primary amides is 1. The molecular formula is C33H38N4O5. The Kier molecular flexibility index (Phi) is 9.22. The van der Waals surface area contributed by atoms with Crippen molar-refractivity contribution in [3.8, 4) is 5.75 Å². The molecule has 5 rings (SSSR count). The number of piperazine rings is 1. The van der Waals surface area contributed by atoms with Crippen LogP contribution in [0.1, 0.15) is 47.0 Å². The maximum absolute atomic E-state index is 13.0. The zero-order chi connectivity index (χ0) is 29.6. The fourth-order valence-corrected chi connectivity index (χ4v) is 5.35. The van der Waals surface area contributed by atoms with Gasteiger partial charge in [-0.3, -0.25) is 19.4 Å². The van der Waals surface area contributed by atoms with Crippen LogP contribution in [-0.4, -0.2) is 65.2 Å². The van der Waals surface area contributed by atoms with Gasteiger partial charge >= 0.3 is 0 Å². The number of aliphatic hydroxyl groups excluding tert-OH is 1. The van der Waals surface area contributed by atoms with E-state index in [9.17, 15) is 14.7 Å². The van der Waals surface area contributed by atoms with Crippen molar-refractivity contribution in [3.05, 3.63) is 101 Å². The molecule has 1 saturated heterocycles. The molecular weight excluding hydrogens is 532 g/mol. The first-order valence-electron chi connectivity index (χ1n) is 14.3. The molecule has 42 heavy (non-hydrogen) atoms. The van der Waals surface area contributed by atoms with Crippen molar-refractivity contribution in [1.82, 2.24) is 15.1 Å². The Morgan fingerprint density at radius 1 is 0.952 bits per heavy atom. The maximum atomic E-state index is 13.0. The summed E-state index contributed by atoms with van der Waals surface area (Å²) in [5.41, 5.74) is 8.98. The van der Waals surface area contributed by atoms with Crippen LogP contribution >= 0.6 is 0 Å². The largest absolute Gasteiger partial charge is 0.489 e. The van der Waals surface area contributed by atoms with Crippen LogP contribution in [0.4, 0.5) is 0 Å². The first kappa shape index (κ1) is 29.3. The highest BCUT2D eigenvalue weighted by molar-refractivity contribution is 5.97. The molecule has 9 heteroatoms. The van der Waals surface area contributed by atoms with Gasteiger partial charge in [0.05, 0.1) is 0 Å². The van der Waals surface area contributed by atoms with Crippen LogP contribution in [0.25, 0.3) is 11.0 Å². The minimum Gasteiger partial charge on any atom is -0.489 e. The molecule has 4 aromatic rings. The highest BCUT2D eigenvalue weighted by atomic mass is 16.5. The van der Waals surface area contributed by atoms with E-state index in [-0.39, 0.29) is 5.92 Å². The van der Waals surface area contributed by atoms with Gasteiger partial charge in [0.1, 0.15) is 36.0 Å². The van der Waals surface area contributed by atoms with Gasteiger partial charge in [-0.2, -0.15) is 0 Å². The number of aliphatic hydroxyl groups is 1. The molecule has 4 N–H and O–H groups in total. The van der Waals surface area contributed by atoms with Gasteiger partial charge in [-0.15, -0.1) is 0 Å². The van der Waals surface area contributed by atoms with Crippen LogP contribution in [0.3, 0.4) is 0 Å². The molecule has 1 aromatic heterocycles. The first-order chi connectivity index (χ1) is 20.3. The summed E-state index contributed by atoms with van der Waals surface area (Å²) in [5.74, 6) is 0.381. The second-order valence-electron chi connectivity index (χ2n) is 11.0. The number of nitrogens with two attached hydrogens (primary N) is 1. The number of hydrogen-bond donors (Lipinski definition) is 3. The highest BCUT2D eigenvalue weighted by Gasteiger charge is 2.33. The van der Waals surface area contributed by atoms with E-state index in [0.29, 0.717) is 31.0 Å². The number of fused-ring (bicyclic) bond motifs is 1. The molecule has 1 aliphatic rings. The normalized spacial score (nSPS) is 15.9. The van der Waals surface area contributed by atoms with E-state index in [0.717, 1.165) is 41.9 Å². The van der Waals surface area contributed by atoms with E-state index in [1.54, 1.807) is 29.2 Å². The summed E-state index contributed by atoms with van der Waals surface area (Å²) in [6.45, 7) is 7.84. The number of furan rings is 1. The molecule has 2 amide bonds. The number of nitrogens with zero attached hydrogens (tertiary/aromatic N) is 2. The second-order valence-corrected chi connectivity index (χ2v) is 11.0. The molecule has 1 fully saturated rings. The number of ether oxygens (including phenoxy) is 1. The highest BCUT2D eigenvalue weighted by Crippen LogP contribution is 2.32. The molecule has 1 aliphatic heterocycles. The Balaban J connectivity index is 1.17. The smallest absolute Gasteiger partial charge is 0.252 e. The van der Waals surface area contributed by atoms with Gasteiger partial charge in [0.15, 0.2) is 0 Å².